The van der Waals surface area contributed by atoms with Crippen molar-refractivity contribution in [1.82, 2.24) is 19.8 Å². The first kappa shape index (κ1) is 23.7. The van der Waals surface area contributed by atoms with Crippen LogP contribution in [0.5, 0.6) is 0 Å². The van der Waals surface area contributed by atoms with Crippen molar-refractivity contribution in [2.75, 3.05) is 20.3 Å². The van der Waals surface area contributed by atoms with Crippen LogP contribution in [0.1, 0.15) is 37.9 Å². The third-order valence-electron chi connectivity index (χ3n) is 5.13. The number of rotatable bonds is 11. The van der Waals surface area contributed by atoms with Crippen LogP contribution >= 0.6 is 12.2 Å². The fourth-order valence-electron chi connectivity index (χ4n) is 3.41. The zero-order chi connectivity index (χ0) is 22.4. The molecule has 1 fully saturated rings. The monoisotopic (exact) mass is 464 g/mol. The van der Waals surface area contributed by atoms with Crippen LogP contribution in [0.2, 0.25) is 0 Å². The second-order valence-corrected chi connectivity index (χ2v) is 10.6. The third kappa shape index (κ3) is 6.75. The van der Waals surface area contributed by atoms with Crippen LogP contribution < -0.4 is 5.32 Å². The number of thiocarbonyl (C=S) groups is 1. The van der Waals surface area contributed by atoms with E-state index in [9.17, 15) is 8.42 Å². The van der Waals surface area contributed by atoms with Crippen LogP contribution in [0.3, 0.4) is 0 Å². The van der Waals surface area contributed by atoms with Crippen LogP contribution in [-0.2, 0) is 33.4 Å². The Morgan fingerprint density at radius 3 is 2.65 bits per heavy atom. The van der Waals surface area contributed by atoms with Crippen molar-refractivity contribution in [2.45, 2.75) is 56.7 Å². The summed E-state index contributed by atoms with van der Waals surface area (Å²) in [5.41, 5.74) is 1.56. The summed E-state index contributed by atoms with van der Waals surface area (Å²) >= 11 is 5.64. The SMILES string of the molecule is COCCn1c(CN(CC2CC2)C(=S)NC(C)C)cnc1S(=O)(=O)Cc1ccccc1. The highest BCUT2D eigenvalue weighted by Crippen LogP contribution is 2.30. The molecule has 3 rings (SSSR count). The molecule has 1 aromatic heterocycles. The van der Waals surface area contributed by atoms with E-state index in [4.69, 9.17) is 17.0 Å². The van der Waals surface area contributed by atoms with Gasteiger partial charge in [0.25, 0.3) is 0 Å². The number of nitrogens with one attached hydrogen (secondary N) is 1. The predicted octanol–water partition coefficient (Wildman–Crippen LogP) is 3.00. The Morgan fingerprint density at radius 1 is 1.32 bits per heavy atom. The Labute approximate surface area is 190 Å². The second-order valence-electron chi connectivity index (χ2n) is 8.35. The van der Waals surface area contributed by atoms with E-state index in [1.54, 1.807) is 17.9 Å². The molecule has 7 nitrogen and oxygen atoms in total. The quantitative estimate of drug-likeness (QED) is 0.512. The molecule has 0 amide bonds. The summed E-state index contributed by atoms with van der Waals surface area (Å²) in [6, 6.07) is 9.41. The first-order valence-corrected chi connectivity index (χ1v) is 12.7. The van der Waals surface area contributed by atoms with E-state index in [2.05, 4.69) is 29.0 Å². The summed E-state index contributed by atoms with van der Waals surface area (Å²) in [5.74, 6) is 0.555. The molecule has 9 heteroatoms. The molecule has 0 bridgehead atoms. The van der Waals surface area contributed by atoms with E-state index < -0.39 is 9.84 Å². The number of hydrogen-bond donors (Lipinski definition) is 1. The number of nitrogens with zero attached hydrogens (tertiary/aromatic N) is 3. The van der Waals surface area contributed by atoms with Crippen LogP contribution in [0, 0.1) is 5.92 Å². The molecule has 0 aliphatic heterocycles. The summed E-state index contributed by atoms with van der Waals surface area (Å²) in [5, 5.41) is 4.08. The molecule has 0 radical (unpaired) electrons. The maximum atomic E-state index is 13.2. The zero-order valence-electron chi connectivity index (χ0n) is 18.5. The lowest BCUT2D eigenvalue weighted by Gasteiger charge is -2.27. The molecule has 1 saturated carbocycles. The summed E-state index contributed by atoms with van der Waals surface area (Å²) in [6.07, 6.45) is 4.08. The number of ether oxygens (including phenoxy) is 1. The average molecular weight is 465 g/mol. The van der Waals surface area contributed by atoms with E-state index in [-0.39, 0.29) is 17.0 Å². The topological polar surface area (TPSA) is 76.5 Å². The molecule has 1 aliphatic rings. The first-order chi connectivity index (χ1) is 14.8. The van der Waals surface area contributed by atoms with Gasteiger partial charge in [0.1, 0.15) is 0 Å². The first-order valence-electron chi connectivity index (χ1n) is 10.7. The van der Waals surface area contributed by atoms with Gasteiger partial charge in [-0.1, -0.05) is 30.3 Å². The molecule has 1 N–H and O–H groups in total. The second kappa shape index (κ2) is 10.6. The molecule has 170 valence electrons. The molecule has 31 heavy (non-hydrogen) atoms. The average Bonchev–Trinajstić information content (AvgIpc) is 3.43. The molecule has 0 unspecified atom stereocenters. The Balaban J connectivity index is 1.87. The lowest BCUT2D eigenvalue weighted by molar-refractivity contribution is 0.182. The molecule has 1 aromatic carbocycles. The molecule has 1 aliphatic carbocycles. The van der Waals surface area contributed by atoms with Gasteiger partial charge in [-0.3, -0.25) is 0 Å². The van der Waals surface area contributed by atoms with Crippen LogP contribution in [0.25, 0.3) is 0 Å². The van der Waals surface area contributed by atoms with Gasteiger partial charge in [0.15, 0.2) is 5.11 Å². The minimum Gasteiger partial charge on any atom is -0.383 e. The smallest absolute Gasteiger partial charge is 0.228 e. The highest BCUT2D eigenvalue weighted by atomic mass is 32.2. The number of benzene rings is 1. The van der Waals surface area contributed by atoms with Crippen LogP contribution in [0.4, 0.5) is 0 Å². The van der Waals surface area contributed by atoms with Crippen molar-refractivity contribution in [3.8, 4) is 0 Å². The van der Waals surface area contributed by atoms with Gasteiger partial charge in [-0.25, -0.2) is 13.4 Å². The molecule has 2 aromatic rings. The number of sulfone groups is 1. The van der Waals surface area contributed by atoms with E-state index in [0.717, 1.165) is 17.8 Å². The molecule has 0 atom stereocenters. The number of hydrogen-bond acceptors (Lipinski definition) is 5. The standard InChI is InChI=1S/C22H32N4O3S2/c1-17(2)24-21(30)25(14-18-9-10-18)15-20-13-23-22(26(20)11-12-29-3)31(27,28)16-19-7-5-4-6-8-19/h4-8,13,17-18H,9-12,14-16H2,1-3H3,(H,24,30). The van der Waals surface area contributed by atoms with Gasteiger partial charge in [-0.05, 0) is 50.4 Å². The van der Waals surface area contributed by atoms with E-state index >= 15 is 0 Å². The van der Waals surface area contributed by atoms with Crippen LogP contribution in [0.15, 0.2) is 41.7 Å². The van der Waals surface area contributed by atoms with E-state index in [1.165, 1.54) is 12.8 Å². The lowest BCUT2D eigenvalue weighted by atomic mass is 10.2. The fourth-order valence-corrected chi connectivity index (χ4v) is 5.30. The largest absolute Gasteiger partial charge is 0.383 e. The third-order valence-corrected chi connectivity index (χ3v) is 7.10. The summed E-state index contributed by atoms with van der Waals surface area (Å²) in [4.78, 5) is 6.46. The Hall–Kier alpha value is -1.97. The summed E-state index contributed by atoms with van der Waals surface area (Å²) in [6.45, 7) is 6.29. The van der Waals surface area contributed by atoms with Crippen molar-refractivity contribution in [1.29, 1.82) is 0 Å². The van der Waals surface area contributed by atoms with Gasteiger partial charge in [0.05, 0.1) is 30.8 Å². The van der Waals surface area contributed by atoms with E-state index in [1.807, 2.05) is 30.3 Å². The molecule has 0 saturated heterocycles. The number of imidazole rings is 1. The summed E-state index contributed by atoms with van der Waals surface area (Å²) in [7, 11) is -2.00. The predicted molar refractivity (Wildman–Crippen MR) is 125 cm³/mol. The Bertz CT molecular complexity index is 970. The molecular weight excluding hydrogens is 432 g/mol. The van der Waals surface area contributed by atoms with Crippen molar-refractivity contribution in [2.24, 2.45) is 5.92 Å². The van der Waals surface area contributed by atoms with Gasteiger partial charge in [0.2, 0.25) is 15.0 Å². The van der Waals surface area contributed by atoms with E-state index in [0.29, 0.717) is 30.7 Å². The highest BCUT2D eigenvalue weighted by molar-refractivity contribution is 7.90. The number of aromatic nitrogens is 2. The Morgan fingerprint density at radius 2 is 2.03 bits per heavy atom. The normalized spacial score (nSPS) is 14.1. The van der Waals surface area contributed by atoms with Gasteiger partial charge < -0.3 is 19.5 Å². The molecule has 0 spiro atoms. The highest BCUT2D eigenvalue weighted by Gasteiger charge is 2.28. The number of methoxy groups -OCH3 is 1. The van der Waals surface area contributed by atoms with Crippen molar-refractivity contribution in [3.05, 3.63) is 47.8 Å². The van der Waals surface area contributed by atoms with Crippen molar-refractivity contribution < 1.29 is 13.2 Å². The fraction of sp³-hybridized carbons (Fsp3) is 0.545. The van der Waals surface area contributed by atoms with Crippen molar-refractivity contribution in [3.63, 3.8) is 0 Å². The van der Waals surface area contributed by atoms with Gasteiger partial charge in [-0.2, -0.15) is 0 Å². The maximum Gasteiger partial charge on any atom is 0.228 e. The van der Waals surface area contributed by atoms with Crippen LogP contribution in [-0.4, -0.2) is 54.3 Å². The summed E-state index contributed by atoms with van der Waals surface area (Å²) < 4.78 is 33.4. The molecule has 1 heterocycles. The van der Waals surface area contributed by atoms with Gasteiger partial charge >= 0.3 is 0 Å². The zero-order valence-corrected chi connectivity index (χ0v) is 20.1. The van der Waals surface area contributed by atoms with Crippen molar-refractivity contribution >= 4 is 27.2 Å². The lowest BCUT2D eigenvalue weighted by Crippen LogP contribution is -2.43. The molecular formula is C22H32N4O3S2. The minimum atomic E-state index is -3.61. The maximum absolute atomic E-state index is 13.2. The van der Waals surface area contributed by atoms with Gasteiger partial charge in [-0.15, -0.1) is 0 Å². The minimum absolute atomic E-state index is 0.0810. The van der Waals surface area contributed by atoms with Gasteiger partial charge in [0, 0.05) is 26.2 Å². The Kier molecular flexibility index (Phi) is 8.07.